The Morgan fingerprint density at radius 2 is 1.39 bits per heavy atom. The van der Waals surface area contributed by atoms with Gasteiger partial charge in [-0.15, -0.1) is 0 Å². The molecule has 0 N–H and O–H groups in total. The lowest BCUT2D eigenvalue weighted by Crippen LogP contribution is -2.45. The molecule has 0 aliphatic carbocycles. The second kappa shape index (κ2) is 6.56. The zero-order valence-corrected chi connectivity index (χ0v) is 16.5. The Kier molecular flexibility index (Phi) is 5.27. The molecule has 0 unspecified atom stereocenters. The van der Waals surface area contributed by atoms with Crippen LogP contribution >= 0.6 is 0 Å². The summed E-state index contributed by atoms with van der Waals surface area (Å²) in [6.07, 6.45) is 0. The summed E-state index contributed by atoms with van der Waals surface area (Å²) in [6.45, 7) is 22.9. The van der Waals surface area contributed by atoms with E-state index in [1.165, 1.54) is 36.6 Å². The summed E-state index contributed by atoms with van der Waals surface area (Å²) >= 11 is 0. The molecule has 23 heavy (non-hydrogen) atoms. The molecular formula is C19H36N4. The molecule has 0 spiro atoms. The Morgan fingerprint density at radius 1 is 0.870 bits per heavy atom. The third-order valence-corrected chi connectivity index (χ3v) is 4.87. The Morgan fingerprint density at radius 3 is 1.83 bits per heavy atom. The summed E-state index contributed by atoms with van der Waals surface area (Å²) in [6, 6.07) is 0. The zero-order valence-electron chi connectivity index (χ0n) is 16.5. The molecule has 132 valence electrons. The fourth-order valence-corrected chi connectivity index (χ4v) is 3.81. The van der Waals surface area contributed by atoms with E-state index < -0.39 is 0 Å². The van der Waals surface area contributed by atoms with E-state index >= 15 is 0 Å². The average Bonchev–Trinajstić information content (AvgIpc) is 2.76. The molecule has 0 atom stereocenters. The second-order valence-corrected chi connectivity index (χ2v) is 9.00. The molecule has 4 heteroatoms. The van der Waals surface area contributed by atoms with Crippen LogP contribution in [0.4, 0.5) is 0 Å². The van der Waals surface area contributed by atoms with Crippen molar-refractivity contribution in [1.29, 1.82) is 0 Å². The van der Waals surface area contributed by atoms with Gasteiger partial charge in [0.25, 0.3) is 0 Å². The van der Waals surface area contributed by atoms with Crippen LogP contribution in [0.25, 0.3) is 0 Å². The highest BCUT2D eigenvalue weighted by atomic mass is 15.3. The topological polar surface area (TPSA) is 24.3 Å². The number of aryl methyl sites for hydroxylation is 1. The van der Waals surface area contributed by atoms with Crippen LogP contribution in [-0.4, -0.2) is 52.3 Å². The Hall–Kier alpha value is -0.870. The van der Waals surface area contributed by atoms with E-state index in [1.807, 2.05) is 0 Å². The number of rotatable bonds is 3. The van der Waals surface area contributed by atoms with Crippen LogP contribution < -0.4 is 0 Å². The number of likely N-dealkylation sites (N-methyl/N-ethyl adjacent to an activating group) is 1. The molecule has 1 aromatic rings. The van der Waals surface area contributed by atoms with E-state index in [2.05, 4.69) is 70.0 Å². The van der Waals surface area contributed by atoms with Gasteiger partial charge in [0.15, 0.2) is 0 Å². The van der Waals surface area contributed by atoms with E-state index in [-0.39, 0.29) is 10.8 Å². The van der Waals surface area contributed by atoms with Crippen molar-refractivity contribution in [3.63, 3.8) is 0 Å². The molecule has 1 saturated heterocycles. The first-order valence-corrected chi connectivity index (χ1v) is 9.05. The molecule has 4 nitrogen and oxygen atoms in total. The molecule has 1 aliphatic heterocycles. The van der Waals surface area contributed by atoms with Gasteiger partial charge in [-0.3, -0.25) is 9.58 Å². The third kappa shape index (κ3) is 4.16. The highest BCUT2D eigenvalue weighted by Crippen LogP contribution is 2.36. The predicted octanol–water partition coefficient (Wildman–Crippen LogP) is 3.15. The van der Waals surface area contributed by atoms with Gasteiger partial charge in [0.05, 0.1) is 5.69 Å². The van der Waals surface area contributed by atoms with Crippen LogP contribution in [0.3, 0.4) is 0 Å². The van der Waals surface area contributed by atoms with Crippen molar-refractivity contribution in [2.24, 2.45) is 7.05 Å². The van der Waals surface area contributed by atoms with E-state index in [0.29, 0.717) is 0 Å². The molecule has 2 rings (SSSR count). The predicted molar refractivity (Wildman–Crippen MR) is 98.0 cm³/mol. The largest absolute Gasteiger partial charge is 0.301 e. The normalized spacial score (nSPS) is 18.6. The van der Waals surface area contributed by atoms with Crippen molar-refractivity contribution in [3.05, 3.63) is 17.0 Å². The van der Waals surface area contributed by atoms with Gasteiger partial charge in [0, 0.05) is 56.4 Å². The van der Waals surface area contributed by atoms with Gasteiger partial charge < -0.3 is 4.90 Å². The van der Waals surface area contributed by atoms with Crippen molar-refractivity contribution in [1.82, 2.24) is 19.6 Å². The summed E-state index contributed by atoms with van der Waals surface area (Å²) in [5, 5.41) is 4.94. The summed E-state index contributed by atoms with van der Waals surface area (Å²) in [4.78, 5) is 5.09. The lowest BCUT2D eigenvalue weighted by Gasteiger charge is -2.34. The van der Waals surface area contributed by atoms with Crippen LogP contribution in [-0.2, 0) is 24.4 Å². The molecule has 1 aromatic heterocycles. The van der Waals surface area contributed by atoms with Crippen LogP contribution in [0.1, 0.15) is 65.4 Å². The molecular weight excluding hydrogens is 284 g/mol. The van der Waals surface area contributed by atoms with Gasteiger partial charge in [-0.2, -0.15) is 5.10 Å². The van der Waals surface area contributed by atoms with Crippen LogP contribution in [0.15, 0.2) is 0 Å². The Bertz CT molecular complexity index is 523. The number of nitrogens with zero attached hydrogens (tertiary/aromatic N) is 4. The molecule has 0 amide bonds. The molecule has 0 bridgehead atoms. The van der Waals surface area contributed by atoms with Gasteiger partial charge in [-0.1, -0.05) is 48.5 Å². The van der Waals surface area contributed by atoms with Crippen molar-refractivity contribution in [3.8, 4) is 0 Å². The van der Waals surface area contributed by atoms with Gasteiger partial charge >= 0.3 is 0 Å². The molecule has 1 aliphatic rings. The molecule has 0 saturated carbocycles. The first-order chi connectivity index (χ1) is 10.5. The number of piperazine rings is 1. The molecule has 0 radical (unpaired) electrons. The fourth-order valence-electron chi connectivity index (χ4n) is 3.81. The first-order valence-electron chi connectivity index (χ1n) is 9.05. The van der Waals surface area contributed by atoms with Gasteiger partial charge in [0.2, 0.25) is 0 Å². The van der Waals surface area contributed by atoms with Gasteiger partial charge in [-0.05, 0) is 12.0 Å². The minimum Gasteiger partial charge on any atom is -0.301 e. The summed E-state index contributed by atoms with van der Waals surface area (Å²) < 4.78 is 2.12. The van der Waals surface area contributed by atoms with Crippen molar-refractivity contribution in [2.45, 2.75) is 65.8 Å². The Labute approximate surface area is 142 Å². The fraction of sp³-hybridized carbons (Fsp3) is 0.842. The lowest BCUT2D eigenvalue weighted by atomic mass is 9.78. The van der Waals surface area contributed by atoms with Crippen LogP contribution in [0.5, 0.6) is 0 Å². The third-order valence-electron chi connectivity index (χ3n) is 4.87. The SMILES string of the molecule is CCN1CCN(Cc2nn(C)c(C(C)(C)C)c2C(C)(C)C)CC1. The van der Waals surface area contributed by atoms with E-state index in [4.69, 9.17) is 5.10 Å². The minimum absolute atomic E-state index is 0.115. The maximum absolute atomic E-state index is 4.94. The summed E-state index contributed by atoms with van der Waals surface area (Å²) in [7, 11) is 2.11. The second-order valence-electron chi connectivity index (χ2n) is 9.00. The van der Waals surface area contributed by atoms with Crippen molar-refractivity contribution in [2.75, 3.05) is 32.7 Å². The summed E-state index contributed by atoms with van der Waals surface area (Å²) in [5.74, 6) is 0. The lowest BCUT2D eigenvalue weighted by molar-refractivity contribution is 0.130. The van der Waals surface area contributed by atoms with Crippen molar-refractivity contribution < 1.29 is 0 Å². The van der Waals surface area contributed by atoms with Crippen LogP contribution in [0.2, 0.25) is 0 Å². The van der Waals surface area contributed by atoms with Crippen LogP contribution in [0, 0.1) is 0 Å². The maximum atomic E-state index is 4.94. The molecule has 2 heterocycles. The van der Waals surface area contributed by atoms with Gasteiger partial charge in [-0.25, -0.2) is 0 Å². The van der Waals surface area contributed by atoms with E-state index in [1.54, 1.807) is 0 Å². The van der Waals surface area contributed by atoms with Gasteiger partial charge in [0.1, 0.15) is 0 Å². The smallest absolute Gasteiger partial charge is 0.0805 e. The number of hydrogen-bond donors (Lipinski definition) is 0. The Balaban J connectivity index is 2.29. The number of aromatic nitrogens is 2. The first kappa shape index (κ1) is 18.5. The average molecular weight is 321 g/mol. The molecule has 1 fully saturated rings. The quantitative estimate of drug-likeness (QED) is 0.855. The highest BCUT2D eigenvalue weighted by molar-refractivity contribution is 5.37. The monoisotopic (exact) mass is 320 g/mol. The molecule has 0 aromatic carbocycles. The summed E-state index contributed by atoms with van der Waals surface area (Å²) in [5.41, 5.74) is 4.34. The van der Waals surface area contributed by atoms with E-state index in [0.717, 1.165) is 19.6 Å². The zero-order chi connectivity index (χ0) is 17.4. The standard InChI is InChI=1S/C19H36N4/c1-9-22-10-12-23(13-11-22)14-15-16(18(2,3)4)17(19(5,6)7)21(8)20-15/h9-14H2,1-8H3. The highest BCUT2D eigenvalue weighted by Gasteiger charge is 2.33. The minimum atomic E-state index is 0.115. The van der Waals surface area contributed by atoms with E-state index in [9.17, 15) is 0 Å². The number of hydrogen-bond acceptors (Lipinski definition) is 3. The van der Waals surface area contributed by atoms with Crippen molar-refractivity contribution >= 4 is 0 Å². The maximum Gasteiger partial charge on any atom is 0.0805 e.